The predicted octanol–water partition coefficient (Wildman–Crippen LogP) is 5.48. The Morgan fingerprint density at radius 1 is 1.13 bits per heavy atom. The highest BCUT2D eigenvalue weighted by molar-refractivity contribution is 6.17. The molecule has 3 rings (SSSR count). The van der Waals surface area contributed by atoms with Gasteiger partial charge in [0.1, 0.15) is 5.82 Å². The first kappa shape index (κ1) is 15.7. The van der Waals surface area contributed by atoms with Gasteiger partial charge in [-0.15, -0.1) is 0 Å². The van der Waals surface area contributed by atoms with Crippen LogP contribution in [0.25, 0.3) is 6.08 Å². The molecule has 2 heteroatoms. The summed E-state index contributed by atoms with van der Waals surface area (Å²) in [4.78, 5) is 0. The topological polar surface area (TPSA) is 23.9 Å². The summed E-state index contributed by atoms with van der Waals surface area (Å²) in [6, 6.07) is 9.42. The van der Waals surface area contributed by atoms with Crippen molar-refractivity contribution in [2.75, 3.05) is 0 Å². The molecule has 0 saturated carbocycles. The number of hydrogen-bond donors (Lipinski definition) is 1. The van der Waals surface area contributed by atoms with Gasteiger partial charge in [0, 0.05) is 22.1 Å². The number of rotatable bonds is 2. The first-order valence-corrected chi connectivity index (χ1v) is 8.10. The molecule has 0 atom stereocenters. The Labute approximate surface area is 137 Å². The molecule has 23 heavy (non-hydrogen) atoms. The van der Waals surface area contributed by atoms with Gasteiger partial charge in [0.05, 0.1) is 5.71 Å². The van der Waals surface area contributed by atoms with E-state index in [9.17, 15) is 4.39 Å². The zero-order valence-corrected chi connectivity index (χ0v) is 14.1. The van der Waals surface area contributed by atoms with Gasteiger partial charge in [-0.25, -0.2) is 4.39 Å². The van der Waals surface area contributed by atoms with E-state index in [-0.39, 0.29) is 5.82 Å². The first-order valence-electron chi connectivity index (χ1n) is 8.10. The Morgan fingerprint density at radius 2 is 1.87 bits per heavy atom. The van der Waals surface area contributed by atoms with E-state index in [1.807, 2.05) is 43.3 Å². The molecule has 2 aromatic rings. The minimum absolute atomic E-state index is 0.214. The van der Waals surface area contributed by atoms with Crippen molar-refractivity contribution in [2.45, 2.75) is 39.5 Å². The lowest BCUT2D eigenvalue weighted by molar-refractivity contribution is 0.542. The quantitative estimate of drug-likeness (QED) is 0.760. The van der Waals surface area contributed by atoms with Crippen LogP contribution in [0.15, 0.2) is 36.4 Å². The van der Waals surface area contributed by atoms with E-state index >= 15 is 0 Å². The van der Waals surface area contributed by atoms with Crippen LogP contribution in [0.2, 0.25) is 0 Å². The maximum absolute atomic E-state index is 14.7. The van der Waals surface area contributed by atoms with Crippen molar-refractivity contribution in [3.05, 3.63) is 75.6 Å². The van der Waals surface area contributed by atoms with Crippen molar-refractivity contribution >= 4 is 11.8 Å². The maximum atomic E-state index is 14.7. The number of nitrogens with one attached hydrogen (secondary N) is 1. The lowest BCUT2D eigenvalue weighted by Crippen LogP contribution is -2.33. The summed E-state index contributed by atoms with van der Waals surface area (Å²) in [7, 11) is 0. The standard InChI is InChI=1S/C21H22FN/c1-5-8-14-9-7-10-15-17(14)20(23)18-13(6-2)11-12-16(22)19(18)21(15,3)4/h5,7-12,23H,6H2,1-4H3/b8-5+,23-20?. The fourth-order valence-electron chi connectivity index (χ4n) is 3.76. The van der Waals surface area contributed by atoms with E-state index in [1.165, 1.54) is 0 Å². The van der Waals surface area contributed by atoms with E-state index in [0.29, 0.717) is 11.3 Å². The molecule has 118 valence electrons. The average Bonchev–Trinajstić information content (AvgIpc) is 2.52. The van der Waals surface area contributed by atoms with Gasteiger partial charge < -0.3 is 0 Å². The summed E-state index contributed by atoms with van der Waals surface area (Å²) in [5.74, 6) is -0.214. The predicted molar refractivity (Wildman–Crippen MR) is 95.0 cm³/mol. The monoisotopic (exact) mass is 307 g/mol. The van der Waals surface area contributed by atoms with Crippen molar-refractivity contribution in [1.29, 1.82) is 5.41 Å². The second-order valence-electron chi connectivity index (χ2n) is 6.58. The normalized spacial score (nSPS) is 15.6. The molecule has 0 amide bonds. The summed E-state index contributed by atoms with van der Waals surface area (Å²) in [6.07, 6.45) is 4.80. The molecule has 1 N–H and O–H groups in total. The van der Waals surface area contributed by atoms with Crippen LogP contribution in [-0.2, 0) is 11.8 Å². The van der Waals surface area contributed by atoms with Crippen LogP contribution >= 0.6 is 0 Å². The highest BCUT2D eigenvalue weighted by Gasteiger charge is 2.39. The second-order valence-corrected chi connectivity index (χ2v) is 6.58. The van der Waals surface area contributed by atoms with E-state index in [0.717, 1.165) is 34.2 Å². The van der Waals surface area contributed by atoms with E-state index < -0.39 is 5.41 Å². The Kier molecular flexibility index (Phi) is 3.71. The van der Waals surface area contributed by atoms with Gasteiger partial charge in [-0.05, 0) is 36.1 Å². The second kappa shape index (κ2) is 5.45. The summed E-state index contributed by atoms with van der Waals surface area (Å²) < 4.78 is 14.7. The van der Waals surface area contributed by atoms with Crippen molar-refractivity contribution in [1.82, 2.24) is 0 Å². The third-order valence-corrected chi connectivity index (χ3v) is 4.86. The highest BCUT2D eigenvalue weighted by atomic mass is 19.1. The van der Waals surface area contributed by atoms with Crippen LogP contribution in [-0.4, -0.2) is 5.71 Å². The van der Waals surface area contributed by atoms with Crippen molar-refractivity contribution in [3.8, 4) is 0 Å². The Balaban J connectivity index is 2.43. The fourth-order valence-corrected chi connectivity index (χ4v) is 3.76. The van der Waals surface area contributed by atoms with Crippen LogP contribution in [0, 0.1) is 11.2 Å². The number of fused-ring (bicyclic) bond motifs is 2. The lowest BCUT2D eigenvalue weighted by Gasteiger charge is -2.37. The number of aryl methyl sites for hydroxylation is 1. The van der Waals surface area contributed by atoms with Gasteiger partial charge in [0.2, 0.25) is 0 Å². The fraction of sp³-hybridized carbons (Fsp3) is 0.286. The third kappa shape index (κ3) is 2.16. The smallest absolute Gasteiger partial charge is 0.127 e. The Bertz CT molecular complexity index is 828. The zero-order chi connectivity index (χ0) is 16.8. The molecule has 0 aromatic heterocycles. The molecule has 0 fully saturated rings. The zero-order valence-electron chi connectivity index (χ0n) is 14.1. The number of benzene rings is 2. The summed E-state index contributed by atoms with van der Waals surface area (Å²) >= 11 is 0. The largest absolute Gasteiger partial charge is 0.300 e. The minimum Gasteiger partial charge on any atom is -0.300 e. The molecule has 0 aliphatic heterocycles. The molecule has 0 saturated heterocycles. The van der Waals surface area contributed by atoms with Crippen LogP contribution < -0.4 is 0 Å². The van der Waals surface area contributed by atoms with Gasteiger partial charge in [0.25, 0.3) is 0 Å². The van der Waals surface area contributed by atoms with E-state index in [2.05, 4.69) is 20.8 Å². The maximum Gasteiger partial charge on any atom is 0.127 e. The molecule has 1 aliphatic rings. The highest BCUT2D eigenvalue weighted by Crippen LogP contribution is 2.44. The lowest BCUT2D eigenvalue weighted by atomic mass is 9.66. The van der Waals surface area contributed by atoms with Gasteiger partial charge in [-0.3, -0.25) is 5.41 Å². The van der Waals surface area contributed by atoms with Crippen LogP contribution in [0.5, 0.6) is 0 Å². The third-order valence-electron chi connectivity index (χ3n) is 4.86. The molecule has 1 aliphatic carbocycles. The summed E-state index contributed by atoms with van der Waals surface area (Å²) in [5.41, 5.74) is 5.46. The van der Waals surface area contributed by atoms with Crippen LogP contribution in [0.4, 0.5) is 4.39 Å². The molecule has 0 spiro atoms. The molecule has 0 bridgehead atoms. The number of hydrogen-bond acceptors (Lipinski definition) is 1. The number of allylic oxidation sites excluding steroid dienone is 1. The van der Waals surface area contributed by atoms with Gasteiger partial charge in [-0.1, -0.05) is 57.2 Å². The molecule has 1 nitrogen and oxygen atoms in total. The Hall–Kier alpha value is -2.22. The van der Waals surface area contributed by atoms with Gasteiger partial charge in [0.15, 0.2) is 0 Å². The SMILES string of the molecule is C/C=C/c1cccc2c1C(=N)c1c(CC)ccc(F)c1C2(C)C. The average molecular weight is 307 g/mol. The molecular weight excluding hydrogens is 285 g/mol. The van der Waals surface area contributed by atoms with Crippen molar-refractivity contribution < 1.29 is 4.39 Å². The van der Waals surface area contributed by atoms with Gasteiger partial charge >= 0.3 is 0 Å². The Morgan fingerprint density at radius 3 is 2.52 bits per heavy atom. The molecule has 0 heterocycles. The molecule has 0 radical (unpaired) electrons. The van der Waals surface area contributed by atoms with Crippen LogP contribution in [0.3, 0.4) is 0 Å². The molecule has 2 aromatic carbocycles. The molecular formula is C21H22FN. The van der Waals surface area contributed by atoms with E-state index in [1.54, 1.807) is 6.07 Å². The molecule has 0 unspecified atom stereocenters. The number of halogens is 1. The minimum atomic E-state index is -0.456. The first-order chi connectivity index (χ1) is 10.9. The van der Waals surface area contributed by atoms with Crippen molar-refractivity contribution in [3.63, 3.8) is 0 Å². The summed E-state index contributed by atoms with van der Waals surface area (Å²) in [5, 5.41) is 8.79. The van der Waals surface area contributed by atoms with E-state index in [4.69, 9.17) is 5.41 Å². The van der Waals surface area contributed by atoms with Gasteiger partial charge in [-0.2, -0.15) is 0 Å². The van der Waals surface area contributed by atoms with Crippen LogP contribution in [0.1, 0.15) is 61.1 Å². The van der Waals surface area contributed by atoms with Crippen molar-refractivity contribution in [2.24, 2.45) is 0 Å². The summed E-state index contributed by atoms with van der Waals surface area (Å²) in [6.45, 7) is 8.14.